The number of hydrogen-bond acceptors (Lipinski definition) is 27. The summed E-state index contributed by atoms with van der Waals surface area (Å²) in [4.78, 5) is 63.5. The second-order valence-electron chi connectivity index (χ2n) is 21.9. The Labute approximate surface area is 508 Å². The second-order valence-corrected chi connectivity index (χ2v) is 21.9. The van der Waals surface area contributed by atoms with E-state index in [1.807, 2.05) is 0 Å². The van der Waals surface area contributed by atoms with Crippen molar-refractivity contribution in [1.82, 2.24) is 26.6 Å². The van der Waals surface area contributed by atoms with Gasteiger partial charge >= 0.3 is 0 Å². The topological polar surface area (TPSA) is 481 Å². The van der Waals surface area contributed by atoms with Crippen molar-refractivity contribution in [2.75, 3.05) is 39.6 Å². The lowest BCUT2D eigenvalue weighted by Gasteiger charge is -2.49. The van der Waals surface area contributed by atoms with Crippen LogP contribution in [0.3, 0.4) is 0 Å². The Morgan fingerprint density at radius 3 is 1.66 bits per heavy atom. The van der Waals surface area contributed by atoms with Crippen molar-refractivity contribution in [3.8, 4) is 5.75 Å². The molecule has 0 aliphatic carbocycles. The molecule has 4 fully saturated rings. The van der Waals surface area contributed by atoms with Gasteiger partial charge in [-0.25, -0.2) is 0 Å². The molecule has 4 aliphatic heterocycles. The number of rotatable bonds is 33. The van der Waals surface area contributed by atoms with E-state index in [1.54, 1.807) is 12.1 Å². The number of benzene rings is 1. The zero-order valence-electron chi connectivity index (χ0n) is 50.0. The van der Waals surface area contributed by atoms with Gasteiger partial charge in [0.1, 0.15) is 109 Å². The molecule has 0 radical (unpaired) electrons. The number of hydrogen-bond donors (Lipinski definition) is 17. The molecule has 13 unspecified atom stereocenters. The molecular weight excluding hydrogens is 1170 g/mol. The molecular formula is C56H91N5O27. The van der Waals surface area contributed by atoms with Gasteiger partial charge in [-0.15, -0.1) is 0 Å². The minimum atomic E-state index is -2.18. The Hall–Kier alpha value is -4.73. The van der Waals surface area contributed by atoms with Gasteiger partial charge in [-0.3, -0.25) is 24.0 Å². The molecule has 502 valence electrons. The van der Waals surface area contributed by atoms with E-state index in [9.17, 15) is 85.3 Å². The van der Waals surface area contributed by atoms with Crippen molar-refractivity contribution in [2.45, 2.75) is 234 Å². The quantitative estimate of drug-likeness (QED) is 0.0177. The van der Waals surface area contributed by atoms with Gasteiger partial charge in [-0.1, -0.05) is 44.4 Å². The first-order chi connectivity index (χ1) is 41.9. The number of carbonyl (C=O) groups excluding carboxylic acids is 5. The van der Waals surface area contributed by atoms with Gasteiger partial charge in [-0.2, -0.15) is 0 Å². The third-order valence-electron chi connectivity index (χ3n) is 15.0. The van der Waals surface area contributed by atoms with Crippen molar-refractivity contribution in [3.05, 3.63) is 42.0 Å². The van der Waals surface area contributed by atoms with Gasteiger partial charge < -0.3 is 135 Å². The first kappa shape index (κ1) is 74.0. The predicted molar refractivity (Wildman–Crippen MR) is 299 cm³/mol. The van der Waals surface area contributed by atoms with Gasteiger partial charge in [0.15, 0.2) is 31.4 Å². The van der Waals surface area contributed by atoms with Crippen LogP contribution in [-0.4, -0.2) is 278 Å². The Morgan fingerprint density at radius 1 is 0.580 bits per heavy atom. The first-order valence-corrected chi connectivity index (χ1v) is 29.4. The molecule has 17 N–H and O–H groups in total. The van der Waals surface area contributed by atoms with Gasteiger partial charge in [0.2, 0.25) is 29.9 Å². The van der Waals surface area contributed by atoms with Crippen molar-refractivity contribution < 1.29 is 133 Å². The zero-order valence-corrected chi connectivity index (χ0v) is 50.0. The number of aliphatic hydroxyl groups excluding tert-OH is 12. The SMILES string of the molecule is CCCCCC/C=C\CCCOc1cccc(C(=O)N[C@@H]2C(O[C@H]3C(O)C(NC(C)=O)[C@H](OC(C)C(CO)O[C@@H](O[C@H]4C(O)C(NC(C)=O)C(OC5C(CO)OC(O)[C@@H](NC(C)=O)[C@H]5O)O[C@H]4CO)C(O)NC(C)=O)O[C@H]3CO)OC(CO)[C@@H](O)[C@@H]2O)c1. The highest BCUT2D eigenvalue weighted by molar-refractivity contribution is 5.94. The maximum atomic E-state index is 13.9. The number of unbranched alkanes of at least 4 members (excludes halogenated alkanes) is 5. The molecule has 0 saturated carbocycles. The van der Waals surface area contributed by atoms with E-state index < -0.39 is 210 Å². The number of ether oxygens (including phenoxy) is 10. The Morgan fingerprint density at radius 2 is 1.09 bits per heavy atom. The minimum absolute atomic E-state index is 0.0651. The molecule has 0 bridgehead atoms. The lowest BCUT2D eigenvalue weighted by Crippen LogP contribution is -2.70. The van der Waals surface area contributed by atoms with E-state index in [4.69, 9.17) is 47.4 Å². The average Bonchev–Trinajstić information content (AvgIpc) is 1.12. The summed E-state index contributed by atoms with van der Waals surface area (Å²) in [7, 11) is 0. The molecule has 4 saturated heterocycles. The number of amides is 5. The van der Waals surface area contributed by atoms with Gasteiger partial charge in [-0.05, 0) is 50.8 Å². The van der Waals surface area contributed by atoms with Crippen molar-refractivity contribution in [3.63, 3.8) is 0 Å². The van der Waals surface area contributed by atoms with Crippen LogP contribution < -0.4 is 31.3 Å². The average molecular weight is 1270 g/mol. The largest absolute Gasteiger partial charge is 0.494 e. The van der Waals surface area contributed by atoms with E-state index in [-0.39, 0.29) is 5.56 Å². The monoisotopic (exact) mass is 1270 g/mol. The molecule has 4 aliphatic rings. The van der Waals surface area contributed by atoms with Crippen LogP contribution in [0, 0.1) is 0 Å². The highest BCUT2D eigenvalue weighted by Crippen LogP contribution is 2.34. The van der Waals surface area contributed by atoms with Crippen LogP contribution in [0.1, 0.15) is 96.8 Å². The molecule has 5 amide bonds. The number of aliphatic hydroxyl groups is 12. The van der Waals surface area contributed by atoms with E-state index in [0.29, 0.717) is 18.8 Å². The van der Waals surface area contributed by atoms with Crippen molar-refractivity contribution in [1.29, 1.82) is 0 Å². The smallest absolute Gasteiger partial charge is 0.251 e. The van der Waals surface area contributed by atoms with E-state index >= 15 is 0 Å². The number of allylic oxidation sites excluding steroid dienone is 2. The van der Waals surface area contributed by atoms with E-state index in [0.717, 1.165) is 53.4 Å². The summed E-state index contributed by atoms with van der Waals surface area (Å²) >= 11 is 0. The standard InChI is InChI=1S/C56H91N5O27/c1-7-8-9-10-11-12-13-14-15-19-79-32-18-16-17-31(20-32)50(76)61-39-43(72)42(71)34(22-63)83-54(39)87-48-36(24-65)84-53(40(45(48)74)58-28(4)68)80-26(2)33(21-62)82-56(51(77)60-30(6)70)88-49-37(25-66)85-55(41(46(49)75)59-29(5)69)86-47-35(23-64)81-52(78)38(44(47)73)57-27(3)67/h12-13,16-18,20,26,33-49,51-56,62-66,71-75,77-78H,7-11,14-15,19,21-25H2,1-6H3,(H,57,67)(H,58,68)(H,59,69)(H,60,70)(H,61,76)/b13-12-/t26?,33?,34?,35?,36-,37-,38-,39-,40?,41?,42+,43+,44+,45?,46?,47?,48+,49+,51?,52?,53+,54?,55?,56-/m0/s1. The number of nitrogens with one attached hydrogen (secondary N) is 5. The lowest BCUT2D eigenvalue weighted by atomic mass is 9.94. The fourth-order valence-corrected chi connectivity index (χ4v) is 10.4. The molecule has 4 heterocycles. The molecule has 1 aromatic rings. The molecule has 0 aromatic heterocycles. The van der Waals surface area contributed by atoms with Gasteiger partial charge in [0, 0.05) is 33.3 Å². The normalized spacial score (nSPS) is 34.0. The Bertz CT molecular complexity index is 2350. The Balaban J connectivity index is 1.33. The molecule has 32 nitrogen and oxygen atoms in total. The molecule has 24 atom stereocenters. The summed E-state index contributed by atoms with van der Waals surface area (Å²) in [5.41, 5.74) is 0.0651. The van der Waals surface area contributed by atoms with Crippen LogP contribution >= 0.6 is 0 Å². The van der Waals surface area contributed by atoms with Crippen LogP contribution in [0.25, 0.3) is 0 Å². The lowest BCUT2D eigenvalue weighted by molar-refractivity contribution is -0.353. The van der Waals surface area contributed by atoms with Crippen LogP contribution in [0.4, 0.5) is 0 Å². The molecule has 88 heavy (non-hydrogen) atoms. The van der Waals surface area contributed by atoms with Crippen LogP contribution in [0.15, 0.2) is 36.4 Å². The van der Waals surface area contributed by atoms with Crippen LogP contribution in [-0.2, 0) is 61.8 Å². The third-order valence-corrected chi connectivity index (χ3v) is 15.0. The molecule has 32 heteroatoms. The summed E-state index contributed by atoms with van der Waals surface area (Å²) in [6, 6.07) is -0.360. The zero-order chi connectivity index (χ0) is 64.9. The fourth-order valence-electron chi connectivity index (χ4n) is 10.4. The third kappa shape index (κ3) is 20.6. The molecule has 0 spiro atoms. The van der Waals surface area contributed by atoms with Crippen LogP contribution in [0.5, 0.6) is 5.75 Å². The maximum absolute atomic E-state index is 13.9. The number of carbonyl (C=O) groups is 5. The summed E-state index contributed by atoms with van der Waals surface area (Å²) in [5, 5.41) is 144. The minimum Gasteiger partial charge on any atom is -0.494 e. The highest BCUT2D eigenvalue weighted by Gasteiger charge is 2.55. The summed E-state index contributed by atoms with van der Waals surface area (Å²) in [6.07, 6.45) is -24.3. The summed E-state index contributed by atoms with van der Waals surface area (Å²) in [5.74, 6) is -3.56. The van der Waals surface area contributed by atoms with Crippen LogP contribution in [0.2, 0.25) is 0 Å². The van der Waals surface area contributed by atoms with E-state index in [1.165, 1.54) is 31.9 Å². The fraction of sp³-hybridized carbons (Fsp3) is 0.768. The maximum Gasteiger partial charge on any atom is 0.251 e. The second kappa shape index (κ2) is 36.3. The molecule has 1 aromatic carbocycles. The first-order valence-electron chi connectivity index (χ1n) is 29.4. The Kier molecular flexibility index (Phi) is 30.6. The molecule has 5 rings (SSSR count). The van der Waals surface area contributed by atoms with Crippen molar-refractivity contribution in [2.24, 2.45) is 0 Å². The van der Waals surface area contributed by atoms with Gasteiger partial charge in [0.25, 0.3) is 5.91 Å². The summed E-state index contributed by atoms with van der Waals surface area (Å²) < 4.78 is 59.4. The van der Waals surface area contributed by atoms with Crippen molar-refractivity contribution >= 4 is 29.5 Å². The predicted octanol–water partition coefficient (Wildman–Crippen LogP) is -5.63. The highest BCUT2D eigenvalue weighted by atomic mass is 16.8. The van der Waals surface area contributed by atoms with Gasteiger partial charge in [0.05, 0.1) is 45.7 Å². The summed E-state index contributed by atoms with van der Waals surface area (Å²) in [6.45, 7) is 3.28. The van der Waals surface area contributed by atoms with E-state index in [2.05, 4.69) is 45.7 Å².